The summed E-state index contributed by atoms with van der Waals surface area (Å²) in [4.78, 5) is 12.3. The molecule has 1 saturated carbocycles. The monoisotopic (exact) mass is 404 g/mol. The van der Waals surface area contributed by atoms with Crippen LogP contribution in [0.3, 0.4) is 0 Å². The van der Waals surface area contributed by atoms with Gasteiger partial charge in [0.05, 0.1) is 5.75 Å². The van der Waals surface area contributed by atoms with Crippen molar-refractivity contribution in [3.8, 4) is 0 Å². The number of hydrogen-bond donors (Lipinski definition) is 2. The average molecular weight is 405 g/mol. The van der Waals surface area contributed by atoms with Crippen LogP contribution in [-0.2, 0) is 4.79 Å². The molecule has 0 aliphatic heterocycles. The summed E-state index contributed by atoms with van der Waals surface area (Å²) < 4.78 is 0.808. The Kier molecular flexibility index (Phi) is 6.76. The van der Waals surface area contributed by atoms with Gasteiger partial charge in [0.2, 0.25) is 11.0 Å². The molecule has 3 atom stereocenters. The second-order valence-electron chi connectivity index (χ2n) is 7.48. The van der Waals surface area contributed by atoms with Crippen LogP contribution in [0.15, 0.2) is 22.5 Å². The van der Waals surface area contributed by atoms with Gasteiger partial charge in [0.15, 0.2) is 4.34 Å². The van der Waals surface area contributed by atoms with Gasteiger partial charge in [-0.2, -0.15) is 0 Å². The molecule has 1 heterocycles. The number of hydrogen-bond acceptors (Lipinski definition) is 6. The highest BCUT2D eigenvalue weighted by Gasteiger charge is 2.28. The smallest absolute Gasteiger partial charge is 0.230 e. The first kappa shape index (κ1) is 20.1. The predicted octanol–water partition coefficient (Wildman–Crippen LogP) is 4.93. The minimum absolute atomic E-state index is 0.0881. The van der Waals surface area contributed by atoms with Crippen molar-refractivity contribution < 1.29 is 4.79 Å². The second-order valence-corrected chi connectivity index (χ2v) is 9.68. The largest absolute Gasteiger partial charge is 0.352 e. The quantitative estimate of drug-likeness (QED) is 0.668. The molecule has 2 N–H and O–H groups in total. The van der Waals surface area contributed by atoms with Gasteiger partial charge < -0.3 is 10.6 Å². The Morgan fingerprint density at radius 2 is 2.07 bits per heavy atom. The van der Waals surface area contributed by atoms with Crippen molar-refractivity contribution in [1.82, 2.24) is 15.5 Å². The molecule has 0 saturated heterocycles. The number of aromatic nitrogens is 2. The summed E-state index contributed by atoms with van der Waals surface area (Å²) >= 11 is 2.93. The standard InChI is InChI=1S/C20H28N4OS2/c1-12-7-5-9-16(14(12)3)21-18(25)11-26-20-24-23-19(27-20)22-17-10-6-8-13(2)15(17)4/h6,8,10,12,14,16H,5,7,9,11H2,1-4H3,(H,21,25)(H,22,23). The lowest BCUT2D eigenvalue weighted by Crippen LogP contribution is -2.44. The van der Waals surface area contributed by atoms with Crippen LogP contribution >= 0.6 is 23.1 Å². The van der Waals surface area contributed by atoms with Gasteiger partial charge in [-0.05, 0) is 49.3 Å². The molecule has 2 aromatic rings. The first-order valence-electron chi connectivity index (χ1n) is 9.53. The number of rotatable bonds is 6. The number of nitrogens with zero attached hydrogens (tertiary/aromatic N) is 2. The number of amides is 1. The predicted molar refractivity (Wildman–Crippen MR) is 114 cm³/mol. The molecule has 0 spiro atoms. The van der Waals surface area contributed by atoms with Crippen molar-refractivity contribution in [1.29, 1.82) is 0 Å². The number of benzene rings is 1. The summed E-state index contributed by atoms with van der Waals surface area (Å²) in [5.74, 6) is 1.70. The van der Waals surface area contributed by atoms with Gasteiger partial charge >= 0.3 is 0 Å². The zero-order valence-electron chi connectivity index (χ0n) is 16.4. The molecule has 1 aromatic heterocycles. The van der Waals surface area contributed by atoms with Gasteiger partial charge in [-0.1, -0.05) is 61.9 Å². The van der Waals surface area contributed by atoms with E-state index in [0.29, 0.717) is 23.6 Å². The van der Waals surface area contributed by atoms with E-state index in [4.69, 9.17) is 0 Å². The molecule has 5 nitrogen and oxygen atoms in total. The Bertz CT molecular complexity index is 792. The Morgan fingerprint density at radius 3 is 2.89 bits per heavy atom. The molecule has 3 rings (SSSR count). The molecule has 0 radical (unpaired) electrons. The molecule has 7 heteroatoms. The van der Waals surface area contributed by atoms with Gasteiger partial charge in [-0.15, -0.1) is 10.2 Å². The molecule has 1 aliphatic carbocycles. The topological polar surface area (TPSA) is 66.9 Å². The zero-order valence-corrected chi connectivity index (χ0v) is 18.0. The normalized spacial score (nSPS) is 22.4. The lowest BCUT2D eigenvalue weighted by molar-refractivity contribution is -0.119. The number of nitrogens with one attached hydrogen (secondary N) is 2. The van der Waals surface area contributed by atoms with Crippen LogP contribution in [0.25, 0.3) is 0 Å². The summed E-state index contributed by atoms with van der Waals surface area (Å²) in [6.45, 7) is 8.71. The number of carbonyl (C=O) groups excluding carboxylic acids is 1. The van der Waals surface area contributed by atoms with E-state index in [1.54, 1.807) is 0 Å². The third kappa shape index (κ3) is 5.23. The number of carbonyl (C=O) groups is 1. The van der Waals surface area contributed by atoms with Crippen molar-refractivity contribution in [2.45, 2.75) is 57.3 Å². The Labute approximate surface area is 169 Å². The fourth-order valence-corrected chi connectivity index (χ4v) is 5.06. The third-order valence-corrected chi connectivity index (χ3v) is 7.60. The van der Waals surface area contributed by atoms with Crippen LogP contribution in [0, 0.1) is 25.7 Å². The molecule has 27 heavy (non-hydrogen) atoms. The number of aryl methyl sites for hydroxylation is 1. The highest BCUT2D eigenvalue weighted by Crippen LogP contribution is 2.31. The van der Waals surface area contributed by atoms with Crippen LogP contribution < -0.4 is 10.6 Å². The zero-order chi connectivity index (χ0) is 19.4. The maximum atomic E-state index is 12.3. The molecule has 1 fully saturated rings. The average Bonchev–Trinajstić information content (AvgIpc) is 3.09. The molecular weight excluding hydrogens is 376 g/mol. The Balaban J connectivity index is 1.50. The van der Waals surface area contributed by atoms with E-state index in [9.17, 15) is 4.79 Å². The van der Waals surface area contributed by atoms with E-state index < -0.39 is 0 Å². The maximum Gasteiger partial charge on any atom is 0.230 e. The van der Waals surface area contributed by atoms with Crippen molar-refractivity contribution >= 4 is 39.8 Å². The second kappa shape index (κ2) is 9.06. The molecule has 1 aromatic carbocycles. The highest BCUT2D eigenvalue weighted by atomic mass is 32.2. The van der Waals surface area contributed by atoms with Gasteiger partial charge in [0.1, 0.15) is 0 Å². The summed E-state index contributed by atoms with van der Waals surface area (Å²) in [6, 6.07) is 6.46. The van der Waals surface area contributed by atoms with Gasteiger partial charge in [0.25, 0.3) is 0 Å². The van der Waals surface area contributed by atoms with Crippen LogP contribution in [0.5, 0.6) is 0 Å². The number of thioether (sulfide) groups is 1. The van der Waals surface area contributed by atoms with E-state index in [1.807, 2.05) is 12.1 Å². The SMILES string of the molecule is Cc1cccc(Nc2nnc(SCC(=O)NC3CCCC(C)C3C)s2)c1C. The number of anilines is 2. The van der Waals surface area contributed by atoms with E-state index in [1.165, 1.54) is 47.1 Å². The van der Waals surface area contributed by atoms with Gasteiger partial charge in [0, 0.05) is 11.7 Å². The van der Waals surface area contributed by atoms with Crippen molar-refractivity contribution in [3.63, 3.8) is 0 Å². The molecule has 1 amide bonds. The minimum Gasteiger partial charge on any atom is -0.352 e. The van der Waals surface area contributed by atoms with Crippen molar-refractivity contribution in [2.24, 2.45) is 11.8 Å². The summed E-state index contributed by atoms with van der Waals surface area (Å²) in [7, 11) is 0. The fourth-order valence-electron chi connectivity index (χ4n) is 3.48. The molecular formula is C20H28N4OS2. The molecule has 0 bridgehead atoms. The van der Waals surface area contributed by atoms with E-state index >= 15 is 0 Å². The Morgan fingerprint density at radius 1 is 1.26 bits per heavy atom. The molecule has 1 aliphatic rings. The van der Waals surface area contributed by atoms with Gasteiger partial charge in [-0.3, -0.25) is 4.79 Å². The fraction of sp³-hybridized carbons (Fsp3) is 0.550. The lowest BCUT2D eigenvalue weighted by atomic mass is 9.78. The van der Waals surface area contributed by atoms with Gasteiger partial charge in [-0.25, -0.2) is 0 Å². The van der Waals surface area contributed by atoms with E-state index in [-0.39, 0.29) is 5.91 Å². The molecule has 3 unspecified atom stereocenters. The summed E-state index contributed by atoms with van der Waals surface area (Å²) in [5, 5.41) is 15.7. The van der Waals surface area contributed by atoms with Crippen LogP contribution in [0.1, 0.15) is 44.2 Å². The lowest BCUT2D eigenvalue weighted by Gasteiger charge is -2.34. The summed E-state index contributed by atoms with van der Waals surface area (Å²) in [5.41, 5.74) is 3.49. The van der Waals surface area contributed by atoms with Crippen LogP contribution in [-0.4, -0.2) is 27.9 Å². The first-order valence-corrected chi connectivity index (χ1v) is 11.3. The van der Waals surface area contributed by atoms with Crippen molar-refractivity contribution in [3.05, 3.63) is 29.3 Å². The summed E-state index contributed by atoms with van der Waals surface area (Å²) in [6.07, 6.45) is 3.56. The first-order chi connectivity index (χ1) is 12.9. The highest BCUT2D eigenvalue weighted by molar-refractivity contribution is 8.01. The van der Waals surface area contributed by atoms with Crippen LogP contribution in [0.4, 0.5) is 10.8 Å². The molecule has 146 valence electrons. The minimum atomic E-state index is 0.0881. The maximum absolute atomic E-state index is 12.3. The van der Waals surface area contributed by atoms with E-state index in [2.05, 4.69) is 54.6 Å². The van der Waals surface area contributed by atoms with E-state index in [0.717, 1.165) is 21.6 Å². The van der Waals surface area contributed by atoms with Crippen molar-refractivity contribution in [2.75, 3.05) is 11.1 Å². The third-order valence-electron chi connectivity index (χ3n) is 5.63. The van der Waals surface area contributed by atoms with Crippen LogP contribution in [0.2, 0.25) is 0 Å². The Hall–Kier alpha value is -1.60.